The number of aliphatic hydroxyl groups excluding tert-OH is 1. The number of hydrogen-bond donors (Lipinski definition) is 1. The van der Waals surface area contributed by atoms with Gasteiger partial charge in [0, 0.05) is 12.0 Å². The summed E-state index contributed by atoms with van der Waals surface area (Å²) in [6.45, 7) is 20.4. The molecule has 5 heteroatoms. The van der Waals surface area contributed by atoms with E-state index in [0.29, 0.717) is 5.92 Å². The van der Waals surface area contributed by atoms with Crippen LogP contribution < -0.4 is 0 Å². The van der Waals surface area contributed by atoms with Gasteiger partial charge >= 0.3 is 0 Å². The number of aliphatic hydroxyl groups is 1. The van der Waals surface area contributed by atoms with Crippen LogP contribution in [0, 0.1) is 12.8 Å². The minimum absolute atomic E-state index is 0.0872. The van der Waals surface area contributed by atoms with Crippen LogP contribution >= 0.6 is 11.3 Å². The summed E-state index contributed by atoms with van der Waals surface area (Å²) in [5.74, 6) is 0.393. The van der Waals surface area contributed by atoms with Crippen LogP contribution in [0.2, 0.25) is 18.1 Å². The van der Waals surface area contributed by atoms with Crippen LogP contribution in [-0.4, -0.2) is 31.1 Å². The molecule has 0 aliphatic carbocycles. The van der Waals surface area contributed by atoms with E-state index in [9.17, 15) is 5.11 Å². The van der Waals surface area contributed by atoms with Crippen molar-refractivity contribution in [2.24, 2.45) is 5.92 Å². The summed E-state index contributed by atoms with van der Waals surface area (Å²) in [5, 5.41) is 12.6. The fraction of sp³-hybridized carbons (Fsp3) is 0.708. The lowest BCUT2D eigenvalue weighted by atomic mass is 10.0. The van der Waals surface area contributed by atoms with Crippen molar-refractivity contribution in [1.29, 1.82) is 0 Å². The van der Waals surface area contributed by atoms with E-state index in [0.717, 1.165) is 36.4 Å². The Morgan fingerprint density at radius 1 is 1.31 bits per heavy atom. The molecule has 0 saturated heterocycles. The van der Waals surface area contributed by atoms with E-state index in [1.165, 1.54) is 11.1 Å². The highest BCUT2D eigenvalue weighted by Crippen LogP contribution is 2.38. The van der Waals surface area contributed by atoms with Crippen molar-refractivity contribution in [2.45, 2.75) is 98.4 Å². The zero-order valence-corrected chi connectivity index (χ0v) is 21.9. The van der Waals surface area contributed by atoms with Gasteiger partial charge in [-0.3, -0.25) is 0 Å². The van der Waals surface area contributed by atoms with Gasteiger partial charge in [0.15, 0.2) is 8.32 Å². The van der Waals surface area contributed by atoms with Crippen LogP contribution in [0.1, 0.15) is 77.9 Å². The normalized spacial score (nSPS) is 16.2. The number of hydrogen-bond acceptors (Lipinski definition) is 4. The molecule has 0 aromatic carbocycles. The van der Waals surface area contributed by atoms with E-state index in [4.69, 9.17) is 4.43 Å². The third-order valence-electron chi connectivity index (χ3n) is 6.02. The number of rotatable bonds is 11. The van der Waals surface area contributed by atoms with Gasteiger partial charge in [-0.25, -0.2) is 4.98 Å². The largest absolute Gasteiger partial charge is 0.410 e. The molecule has 2 unspecified atom stereocenters. The zero-order valence-electron chi connectivity index (χ0n) is 20.1. The highest BCUT2D eigenvalue weighted by molar-refractivity contribution is 7.09. The Labute approximate surface area is 184 Å². The Bertz CT molecular complexity index is 685. The topological polar surface area (TPSA) is 42.4 Å². The van der Waals surface area contributed by atoms with Gasteiger partial charge in [-0.1, -0.05) is 39.3 Å². The van der Waals surface area contributed by atoms with Gasteiger partial charge in [0.05, 0.1) is 16.8 Å². The second-order valence-electron chi connectivity index (χ2n) is 10.0. The average Bonchev–Trinajstić information content (AvgIpc) is 3.01. The molecular formula is C24H43NO2SSi. The van der Waals surface area contributed by atoms with Crippen molar-refractivity contribution in [2.75, 3.05) is 6.61 Å². The Morgan fingerprint density at radius 3 is 2.48 bits per heavy atom. The number of nitrogens with zero attached hydrogens (tertiary/aromatic N) is 1. The Kier molecular flexibility index (Phi) is 10.5. The second-order valence-corrected chi connectivity index (χ2v) is 15.8. The maximum atomic E-state index is 9.20. The smallest absolute Gasteiger partial charge is 0.192 e. The SMILES string of the molecule is CC(=CCC(O[Si](C)(C)C(C)(C)C)C(C)=Cc1csc(C)n1)CCCC(C)CO. The van der Waals surface area contributed by atoms with Crippen molar-refractivity contribution in [1.82, 2.24) is 4.98 Å². The monoisotopic (exact) mass is 437 g/mol. The predicted octanol–water partition coefficient (Wildman–Crippen LogP) is 7.38. The quantitative estimate of drug-likeness (QED) is 0.290. The maximum Gasteiger partial charge on any atom is 0.192 e. The van der Waals surface area contributed by atoms with Gasteiger partial charge in [0.2, 0.25) is 0 Å². The molecule has 1 heterocycles. The Balaban J connectivity index is 2.92. The van der Waals surface area contributed by atoms with Crippen LogP contribution in [-0.2, 0) is 4.43 Å². The lowest BCUT2D eigenvalue weighted by molar-refractivity contribution is 0.217. The van der Waals surface area contributed by atoms with Crippen molar-refractivity contribution >= 4 is 25.7 Å². The molecule has 0 radical (unpaired) electrons. The first-order valence-corrected chi connectivity index (χ1v) is 14.7. The molecule has 3 nitrogen and oxygen atoms in total. The molecule has 0 bridgehead atoms. The minimum atomic E-state index is -1.88. The lowest BCUT2D eigenvalue weighted by Gasteiger charge is -2.39. The van der Waals surface area contributed by atoms with Gasteiger partial charge in [-0.15, -0.1) is 11.3 Å². The van der Waals surface area contributed by atoms with E-state index in [1.807, 2.05) is 6.92 Å². The predicted molar refractivity (Wildman–Crippen MR) is 131 cm³/mol. The molecule has 0 fully saturated rings. The first-order valence-electron chi connectivity index (χ1n) is 10.9. The summed E-state index contributed by atoms with van der Waals surface area (Å²) in [4.78, 5) is 4.60. The van der Waals surface area contributed by atoms with Gasteiger partial charge in [0.1, 0.15) is 0 Å². The van der Waals surface area contributed by atoms with Gasteiger partial charge in [0.25, 0.3) is 0 Å². The van der Waals surface area contributed by atoms with E-state index in [-0.39, 0.29) is 17.7 Å². The van der Waals surface area contributed by atoms with Crippen LogP contribution in [0.15, 0.2) is 22.6 Å². The molecule has 1 aromatic heterocycles. The van der Waals surface area contributed by atoms with Crippen LogP contribution in [0.3, 0.4) is 0 Å². The molecule has 1 N–H and O–H groups in total. The highest BCUT2D eigenvalue weighted by atomic mass is 32.1. The Morgan fingerprint density at radius 2 is 1.97 bits per heavy atom. The van der Waals surface area contributed by atoms with Crippen LogP contribution in [0.5, 0.6) is 0 Å². The maximum absolute atomic E-state index is 9.20. The molecule has 1 rings (SSSR count). The van der Waals surface area contributed by atoms with Crippen LogP contribution in [0.25, 0.3) is 6.08 Å². The molecule has 1 aromatic rings. The summed E-state index contributed by atoms with van der Waals surface area (Å²) in [5.41, 5.74) is 3.70. The summed E-state index contributed by atoms with van der Waals surface area (Å²) >= 11 is 1.69. The van der Waals surface area contributed by atoms with E-state index in [2.05, 4.69) is 77.2 Å². The fourth-order valence-corrected chi connectivity index (χ4v) is 4.78. The summed E-state index contributed by atoms with van der Waals surface area (Å²) in [6, 6.07) is 0. The molecular weight excluding hydrogens is 394 g/mol. The van der Waals surface area contributed by atoms with Gasteiger partial charge in [-0.2, -0.15) is 0 Å². The molecule has 0 amide bonds. The molecule has 0 aliphatic rings. The average molecular weight is 438 g/mol. The molecule has 166 valence electrons. The van der Waals surface area contributed by atoms with E-state index < -0.39 is 8.32 Å². The zero-order chi connectivity index (χ0) is 22.2. The van der Waals surface area contributed by atoms with E-state index >= 15 is 0 Å². The number of aromatic nitrogens is 1. The van der Waals surface area contributed by atoms with Crippen LogP contribution in [0.4, 0.5) is 0 Å². The second kappa shape index (κ2) is 11.6. The highest BCUT2D eigenvalue weighted by Gasteiger charge is 2.39. The number of thiazole rings is 1. The third-order valence-corrected chi connectivity index (χ3v) is 11.3. The summed E-state index contributed by atoms with van der Waals surface area (Å²) < 4.78 is 6.82. The number of aryl methyl sites for hydroxylation is 1. The van der Waals surface area contributed by atoms with Crippen molar-refractivity contribution in [3.05, 3.63) is 33.3 Å². The lowest BCUT2D eigenvalue weighted by Crippen LogP contribution is -2.44. The minimum Gasteiger partial charge on any atom is -0.410 e. The fourth-order valence-electron chi connectivity index (χ4n) is 2.86. The Hall–Kier alpha value is -0.753. The molecule has 29 heavy (non-hydrogen) atoms. The van der Waals surface area contributed by atoms with Crippen molar-refractivity contribution in [3.63, 3.8) is 0 Å². The van der Waals surface area contributed by atoms with E-state index in [1.54, 1.807) is 11.3 Å². The van der Waals surface area contributed by atoms with Crippen molar-refractivity contribution in [3.8, 4) is 0 Å². The number of allylic oxidation sites excluding steroid dienone is 1. The van der Waals surface area contributed by atoms with Crippen molar-refractivity contribution < 1.29 is 9.53 Å². The molecule has 0 spiro atoms. The summed E-state index contributed by atoms with van der Waals surface area (Å²) in [7, 11) is -1.88. The molecule has 0 saturated carbocycles. The molecule has 2 atom stereocenters. The first-order chi connectivity index (χ1) is 13.4. The first kappa shape index (κ1) is 26.3. The summed E-state index contributed by atoms with van der Waals surface area (Å²) in [6.07, 6.45) is 8.82. The van der Waals surface area contributed by atoms with Gasteiger partial charge < -0.3 is 9.53 Å². The third kappa shape index (κ3) is 9.29. The standard InChI is InChI=1S/C24H43NO2SSi/c1-18(11-10-12-19(2)16-26)13-14-23(27-29(8,9)24(5,6)7)20(3)15-22-17-28-21(4)25-22/h13,15,17,19,23,26H,10-12,14,16H2,1-9H3. The molecule has 0 aliphatic heterocycles. The van der Waals surface area contributed by atoms with Gasteiger partial charge in [-0.05, 0) is 82.2 Å².